The van der Waals surface area contributed by atoms with Crippen LogP contribution in [0.4, 0.5) is 17.1 Å². The smallest absolute Gasteiger partial charge is 0.282 e. The fourth-order valence-electron chi connectivity index (χ4n) is 4.22. The van der Waals surface area contributed by atoms with Crippen LogP contribution in [0.15, 0.2) is 48.5 Å². The molecule has 0 saturated carbocycles. The molecule has 7 heteroatoms. The Morgan fingerprint density at radius 3 is 2.48 bits per heavy atom. The summed E-state index contributed by atoms with van der Waals surface area (Å²) < 4.78 is 0. The van der Waals surface area contributed by atoms with Gasteiger partial charge in [-0.05, 0) is 31.2 Å². The standard InChI is InChI=1S/C22H25ClN4O2/c1-16-14-21(28)24-18-7-3-5-9-20(18)27(16)22(29)15-25-10-12-26(13-11-25)19-8-4-2-6-17(19)23/h2-9,16H,10-15H2,1H3,(H,24,28)/p+1/t16-/m1/s1. The van der Waals surface area contributed by atoms with Gasteiger partial charge >= 0.3 is 0 Å². The number of amides is 2. The second kappa shape index (κ2) is 8.43. The van der Waals surface area contributed by atoms with Gasteiger partial charge in [0.1, 0.15) is 0 Å². The van der Waals surface area contributed by atoms with E-state index in [1.54, 1.807) is 4.90 Å². The van der Waals surface area contributed by atoms with Gasteiger partial charge in [-0.15, -0.1) is 0 Å². The Kier molecular flexibility index (Phi) is 5.74. The lowest BCUT2D eigenvalue weighted by Gasteiger charge is -2.35. The zero-order valence-electron chi connectivity index (χ0n) is 16.5. The molecule has 2 amide bonds. The van der Waals surface area contributed by atoms with E-state index < -0.39 is 0 Å². The van der Waals surface area contributed by atoms with Crippen molar-refractivity contribution >= 4 is 40.5 Å². The number of hydrogen-bond acceptors (Lipinski definition) is 3. The van der Waals surface area contributed by atoms with Crippen LogP contribution < -0.4 is 20.0 Å². The van der Waals surface area contributed by atoms with Gasteiger partial charge in [-0.1, -0.05) is 35.9 Å². The Bertz CT molecular complexity index is 911. The number of nitrogens with zero attached hydrogens (tertiary/aromatic N) is 2. The van der Waals surface area contributed by atoms with Crippen molar-refractivity contribution in [3.8, 4) is 0 Å². The zero-order chi connectivity index (χ0) is 20.4. The van der Waals surface area contributed by atoms with Crippen LogP contribution in [0.3, 0.4) is 0 Å². The highest BCUT2D eigenvalue weighted by atomic mass is 35.5. The topological polar surface area (TPSA) is 57.1 Å². The molecule has 1 atom stereocenters. The number of hydrogen-bond donors (Lipinski definition) is 2. The fourth-order valence-corrected chi connectivity index (χ4v) is 4.47. The summed E-state index contributed by atoms with van der Waals surface area (Å²) in [6.07, 6.45) is 0.302. The number of quaternary nitrogens is 1. The van der Waals surface area contributed by atoms with Crippen LogP contribution >= 0.6 is 11.6 Å². The molecule has 4 rings (SSSR count). The molecule has 1 saturated heterocycles. The average molecular weight is 414 g/mol. The molecular formula is C22H26ClN4O2+. The van der Waals surface area contributed by atoms with E-state index in [4.69, 9.17) is 11.6 Å². The zero-order valence-corrected chi connectivity index (χ0v) is 17.3. The largest absolute Gasteiger partial charge is 0.359 e. The van der Waals surface area contributed by atoms with E-state index in [1.807, 2.05) is 55.5 Å². The van der Waals surface area contributed by atoms with Gasteiger partial charge in [0.05, 0.1) is 48.3 Å². The Hall–Kier alpha value is -2.57. The first-order chi connectivity index (χ1) is 14.0. The van der Waals surface area contributed by atoms with Gasteiger partial charge in [-0.2, -0.15) is 0 Å². The molecule has 0 unspecified atom stereocenters. The van der Waals surface area contributed by atoms with Crippen LogP contribution in [0, 0.1) is 0 Å². The molecule has 0 aromatic heterocycles. The van der Waals surface area contributed by atoms with E-state index in [2.05, 4.69) is 10.2 Å². The van der Waals surface area contributed by atoms with Gasteiger partial charge in [-0.25, -0.2) is 0 Å². The number of benzene rings is 2. The number of halogens is 1. The van der Waals surface area contributed by atoms with Crippen molar-refractivity contribution < 1.29 is 14.5 Å². The van der Waals surface area contributed by atoms with Crippen LogP contribution in [0.5, 0.6) is 0 Å². The van der Waals surface area contributed by atoms with E-state index in [0.29, 0.717) is 18.7 Å². The maximum atomic E-state index is 13.2. The van der Waals surface area contributed by atoms with Crippen molar-refractivity contribution in [1.29, 1.82) is 0 Å². The molecule has 6 nitrogen and oxygen atoms in total. The van der Waals surface area contributed by atoms with Crippen molar-refractivity contribution in [2.24, 2.45) is 0 Å². The highest BCUT2D eigenvalue weighted by Crippen LogP contribution is 2.31. The first-order valence-corrected chi connectivity index (χ1v) is 10.4. The predicted molar refractivity (Wildman–Crippen MR) is 116 cm³/mol. The molecule has 0 spiro atoms. The van der Waals surface area contributed by atoms with Gasteiger partial charge in [0.2, 0.25) is 5.91 Å². The van der Waals surface area contributed by atoms with Gasteiger partial charge in [0.15, 0.2) is 6.54 Å². The molecule has 0 bridgehead atoms. The summed E-state index contributed by atoms with van der Waals surface area (Å²) in [7, 11) is 0. The third-order valence-electron chi connectivity index (χ3n) is 5.69. The number of fused-ring (bicyclic) bond motifs is 1. The molecule has 2 heterocycles. The van der Waals surface area contributed by atoms with Gasteiger partial charge < -0.3 is 20.0 Å². The van der Waals surface area contributed by atoms with Crippen molar-refractivity contribution in [2.45, 2.75) is 19.4 Å². The first-order valence-electron chi connectivity index (χ1n) is 10.1. The Morgan fingerprint density at radius 2 is 1.76 bits per heavy atom. The lowest BCUT2D eigenvalue weighted by Crippen LogP contribution is -3.16. The molecule has 1 fully saturated rings. The summed E-state index contributed by atoms with van der Waals surface area (Å²) in [4.78, 5) is 30.7. The Balaban J connectivity index is 1.43. The van der Waals surface area contributed by atoms with Gasteiger partial charge in [0.25, 0.3) is 5.91 Å². The second-order valence-corrected chi connectivity index (χ2v) is 8.15. The van der Waals surface area contributed by atoms with Crippen molar-refractivity contribution in [3.05, 3.63) is 53.6 Å². The van der Waals surface area contributed by atoms with E-state index in [1.165, 1.54) is 4.90 Å². The maximum Gasteiger partial charge on any atom is 0.282 e. The van der Waals surface area contributed by atoms with E-state index >= 15 is 0 Å². The van der Waals surface area contributed by atoms with Crippen LogP contribution in [-0.4, -0.2) is 50.6 Å². The van der Waals surface area contributed by atoms with E-state index in [0.717, 1.165) is 42.6 Å². The summed E-state index contributed by atoms with van der Waals surface area (Å²) in [5, 5.41) is 3.67. The molecule has 2 N–H and O–H groups in total. The minimum Gasteiger partial charge on any atom is -0.359 e. The number of nitrogens with one attached hydrogen (secondary N) is 2. The second-order valence-electron chi connectivity index (χ2n) is 7.75. The third-order valence-corrected chi connectivity index (χ3v) is 6.01. The van der Waals surface area contributed by atoms with Crippen molar-refractivity contribution in [1.82, 2.24) is 0 Å². The number of rotatable bonds is 3. The molecule has 2 aromatic carbocycles. The lowest BCUT2D eigenvalue weighted by molar-refractivity contribution is -0.892. The molecule has 2 aromatic rings. The number of para-hydroxylation sites is 3. The molecule has 0 radical (unpaired) electrons. The lowest BCUT2D eigenvalue weighted by atomic mass is 10.1. The van der Waals surface area contributed by atoms with Crippen LogP contribution in [-0.2, 0) is 9.59 Å². The Labute approximate surface area is 176 Å². The monoisotopic (exact) mass is 413 g/mol. The average Bonchev–Trinajstić information content (AvgIpc) is 2.83. The van der Waals surface area contributed by atoms with Crippen molar-refractivity contribution in [3.63, 3.8) is 0 Å². The summed E-state index contributed by atoms with van der Waals surface area (Å²) in [5.74, 6) is 0.00333. The Morgan fingerprint density at radius 1 is 1.10 bits per heavy atom. The SMILES string of the molecule is C[C@@H]1CC(=O)Nc2ccccc2N1C(=O)C[NH+]1CCN(c2ccccc2Cl)CC1. The number of piperazine rings is 1. The summed E-state index contributed by atoms with van der Waals surface area (Å²) in [6, 6.07) is 15.2. The molecule has 0 aliphatic carbocycles. The van der Waals surface area contributed by atoms with Crippen LogP contribution in [0.1, 0.15) is 13.3 Å². The highest BCUT2D eigenvalue weighted by molar-refractivity contribution is 6.33. The third kappa shape index (κ3) is 4.23. The summed E-state index contributed by atoms with van der Waals surface area (Å²) >= 11 is 6.33. The predicted octanol–water partition coefficient (Wildman–Crippen LogP) is 1.81. The molecule has 29 heavy (non-hydrogen) atoms. The maximum absolute atomic E-state index is 13.2. The van der Waals surface area contributed by atoms with Gasteiger partial charge in [0, 0.05) is 12.5 Å². The van der Waals surface area contributed by atoms with Crippen LogP contribution in [0.25, 0.3) is 0 Å². The molecule has 2 aliphatic heterocycles. The van der Waals surface area contributed by atoms with Crippen molar-refractivity contribution in [2.75, 3.05) is 47.8 Å². The normalized spacial score (nSPS) is 20.1. The van der Waals surface area contributed by atoms with Crippen LogP contribution in [0.2, 0.25) is 5.02 Å². The molecular weight excluding hydrogens is 388 g/mol. The summed E-state index contributed by atoms with van der Waals surface area (Å²) in [5.41, 5.74) is 2.54. The summed E-state index contributed by atoms with van der Waals surface area (Å²) in [6.45, 7) is 5.82. The van der Waals surface area contributed by atoms with E-state index in [9.17, 15) is 9.59 Å². The minimum absolute atomic E-state index is 0.0547. The number of carbonyl (C=O) groups excluding carboxylic acids is 2. The quantitative estimate of drug-likeness (QED) is 0.806. The fraction of sp³-hybridized carbons (Fsp3) is 0.364. The first kappa shape index (κ1) is 19.7. The van der Waals surface area contributed by atoms with Gasteiger partial charge in [-0.3, -0.25) is 9.59 Å². The highest BCUT2D eigenvalue weighted by Gasteiger charge is 2.32. The molecule has 2 aliphatic rings. The number of carbonyl (C=O) groups is 2. The number of anilines is 3. The minimum atomic E-state index is -0.171. The van der Waals surface area contributed by atoms with E-state index in [-0.39, 0.29) is 17.9 Å². The molecule has 152 valence electrons.